The van der Waals surface area contributed by atoms with Gasteiger partial charge >= 0.3 is 0 Å². The van der Waals surface area contributed by atoms with Crippen LogP contribution < -0.4 is 15.8 Å². The molecule has 7 heteroatoms. The van der Waals surface area contributed by atoms with Gasteiger partial charge < -0.3 is 20.3 Å². The molecule has 1 heterocycles. The number of nitrogens with one attached hydrogen (secondary N) is 1. The molecule has 3 N–H and O–H groups in total. The van der Waals surface area contributed by atoms with E-state index < -0.39 is 0 Å². The molecule has 7 nitrogen and oxygen atoms in total. The monoisotopic (exact) mass is 303 g/mol. The van der Waals surface area contributed by atoms with Gasteiger partial charge in [0.15, 0.2) is 11.8 Å². The van der Waals surface area contributed by atoms with Gasteiger partial charge in [0.05, 0.1) is 13.7 Å². The molecule has 0 aliphatic carbocycles. The smallest absolute Gasteiger partial charge is 0.228 e. The van der Waals surface area contributed by atoms with Gasteiger partial charge in [0, 0.05) is 18.0 Å². The molecule has 0 aliphatic rings. The van der Waals surface area contributed by atoms with Gasteiger partial charge in [-0.15, -0.1) is 0 Å². The normalized spacial score (nSPS) is 11.7. The molecule has 0 radical (unpaired) electrons. The predicted octanol–water partition coefficient (Wildman–Crippen LogP) is 2.17. The molecule has 0 saturated heterocycles. The molecule has 2 rings (SSSR count). The van der Waals surface area contributed by atoms with Crippen molar-refractivity contribution in [1.29, 1.82) is 0 Å². The lowest BCUT2D eigenvalue weighted by molar-refractivity contribution is 0.372. The third-order valence-electron chi connectivity index (χ3n) is 2.97. The molecule has 22 heavy (non-hydrogen) atoms. The number of anilines is 1. The second-order valence-corrected chi connectivity index (χ2v) is 5.07. The van der Waals surface area contributed by atoms with Gasteiger partial charge in [0.1, 0.15) is 5.75 Å². The Morgan fingerprint density at radius 1 is 1.36 bits per heavy atom. The lowest BCUT2D eigenvalue weighted by Gasteiger charge is -2.06. The summed E-state index contributed by atoms with van der Waals surface area (Å²) < 4.78 is 10.2. The van der Waals surface area contributed by atoms with Crippen LogP contribution in [0.4, 0.5) is 5.69 Å². The van der Waals surface area contributed by atoms with Crippen LogP contribution in [0.1, 0.15) is 31.5 Å². The SMILES string of the molecule is COc1ccc(NC(N)=NCCc2nc(C(C)C)no2)cc1. The highest BCUT2D eigenvalue weighted by Crippen LogP contribution is 2.14. The van der Waals surface area contributed by atoms with Gasteiger partial charge in [0.2, 0.25) is 5.89 Å². The van der Waals surface area contributed by atoms with Crippen LogP contribution in [0.15, 0.2) is 33.8 Å². The van der Waals surface area contributed by atoms with E-state index in [4.69, 9.17) is 15.0 Å². The summed E-state index contributed by atoms with van der Waals surface area (Å²) in [5.74, 6) is 2.67. The largest absolute Gasteiger partial charge is 0.497 e. The van der Waals surface area contributed by atoms with E-state index >= 15 is 0 Å². The lowest BCUT2D eigenvalue weighted by Crippen LogP contribution is -2.23. The zero-order valence-corrected chi connectivity index (χ0v) is 13.0. The van der Waals surface area contributed by atoms with E-state index in [1.54, 1.807) is 7.11 Å². The maximum atomic E-state index is 5.83. The summed E-state index contributed by atoms with van der Waals surface area (Å²) in [4.78, 5) is 8.52. The van der Waals surface area contributed by atoms with Crippen molar-refractivity contribution < 1.29 is 9.26 Å². The van der Waals surface area contributed by atoms with Gasteiger partial charge in [-0.25, -0.2) is 0 Å². The average Bonchev–Trinajstić information content (AvgIpc) is 2.97. The Morgan fingerprint density at radius 3 is 2.68 bits per heavy atom. The summed E-state index contributed by atoms with van der Waals surface area (Å²) in [6.45, 7) is 4.52. The third kappa shape index (κ3) is 4.47. The van der Waals surface area contributed by atoms with Crippen LogP contribution >= 0.6 is 0 Å². The number of rotatable bonds is 6. The Labute approximate surface area is 129 Å². The van der Waals surface area contributed by atoms with E-state index in [1.165, 1.54) is 0 Å². The Bertz CT molecular complexity index is 619. The molecule has 0 fully saturated rings. The van der Waals surface area contributed by atoms with Gasteiger partial charge in [0.25, 0.3) is 0 Å². The quantitative estimate of drug-likeness (QED) is 0.627. The average molecular weight is 303 g/mol. The Hall–Kier alpha value is -2.57. The fraction of sp³-hybridized carbons (Fsp3) is 0.400. The maximum Gasteiger partial charge on any atom is 0.228 e. The van der Waals surface area contributed by atoms with Crippen LogP contribution in [0.5, 0.6) is 5.75 Å². The van der Waals surface area contributed by atoms with Crippen molar-refractivity contribution in [2.75, 3.05) is 19.0 Å². The van der Waals surface area contributed by atoms with Crippen LogP contribution in [0, 0.1) is 0 Å². The van der Waals surface area contributed by atoms with E-state index in [-0.39, 0.29) is 5.92 Å². The summed E-state index contributed by atoms with van der Waals surface area (Å²) in [6.07, 6.45) is 0.560. The van der Waals surface area contributed by atoms with Crippen molar-refractivity contribution in [2.24, 2.45) is 10.7 Å². The first-order chi connectivity index (χ1) is 10.6. The van der Waals surface area contributed by atoms with Gasteiger partial charge in [-0.2, -0.15) is 4.98 Å². The highest BCUT2D eigenvalue weighted by molar-refractivity contribution is 5.92. The molecular formula is C15H21N5O2. The van der Waals surface area contributed by atoms with E-state index in [0.29, 0.717) is 30.6 Å². The van der Waals surface area contributed by atoms with Gasteiger partial charge in [-0.3, -0.25) is 4.99 Å². The minimum atomic E-state index is 0.253. The molecular weight excluding hydrogens is 282 g/mol. The fourth-order valence-corrected chi connectivity index (χ4v) is 1.74. The van der Waals surface area contributed by atoms with Crippen LogP contribution in [-0.2, 0) is 6.42 Å². The number of hydrogen-bond acceptors (Lipinski definition) is 5. The van der Waals surface area contributed by atoms with Crippen LogP contribution in [-0.4, -0.2) is 29.8 Å². The number of aromatic nitrogens is 2. The second-order valence-electron chi connectivity index (χ2n) is 5.07. The number of nitrogens with two attached hydrogens (primary N) is 1. The van der Waals surface area contributed by atoms with Crippen molar-refractivity contribution in [3.63, 3.8) is 0 Å². The minimum absolute atomic E-state index is 0.253. The van der Waals surface area contributed by atoms with Crippen LogP contribution in [0.25, 0.3) is 0 Å². The summed E-state index contributed by atoms with van der Waals surface area (Å²) in [6, 6.07) is 7.44. The first kappa shape index (κ1) is 15.8. The van der Waals surface area contributed by atoms with E-state index in [0.717, 1.165) is 11.4 Å². The summed E-state index contributed by atoms with van der Waals surface area (Å²) in [5.41, 5.74) is 6.68. The minimum Gasteiger partial charge on any atom is -0.497 e. The number of hydrogen-bond donors (Lipinski definition) is 2. The number of methoxy groups -OCH3 is 1. The van der Waals surface area contributed by atoms with E-state index in [9.17, 15) is 0 Å². The highest BCUT2D eigenvalue weighted by Gasteiger charge is 2.08. The lowest BCUT2D eigenvalue weighted by atomic mass is 10.2. The van der Waals surface area contributed by atoms with Crippen molar-refractivity contribution >= 4 is 11.6 Å². The third-order valence-corrected chi connectivity index (χ3v) is 2.97. The molecule has 0 aliphatic heterocycles. The predicted molar refractivity (Wildman–Crippen MR) is 85.2 cm³/mol. The topological polar surface area (TPSA) is 98.6 Å². The van der Waals surface area contributed by atoms with Crippen LogP contribution in [0.3, 0.4) is 0 Å². The summed E-state index contributed by atoms with van der Waals surface area (Å²) in [5, 5.41) is 6.91. The van der Waals surface area contributed by atoms with Crippen molar-refractivity contribution in [3.8, 4) is 5.75 Å². The van der Waals surface area contributed by atoms with Gasteiger partial charge in [-0.05, 0) is 24.3 Å². The number of guanidine groups is 1. The highest BCUT2D eigenvalue weighted by atomic mass is 16.5. The fourth-order valence-electron chi connectivity index (χ4n) is 1.74. The molecule has 0 unspecified atom stereocenters. The van der Waals surface area contributed by atoms with Gasteiger partial charge in [-0.1, -0.05) is 19.0 Å². The van der Waals surface area contributed by atoms with Crippen molar-refractivity contribution in [2.45, 2.75) is 26.2 Å². The second kappa shape index (κ2) is 7.44. The Kier molecular flexibility index (Phi) is 5.35. The Morgan fingerprint density at radius 2 is 2.09 bits per heavy atom. The standard InChI is InChI=1S/C15H21N5O2/c1-10(2)14-19-13(22-20-14)8-9-17-15(16)18-11-4-6-12(21-3)7-5-11/h4-7,10H,8-9H2,1-3H3,(H3,16,17,18). The van der Waals surface area contributed by atoms with E-state index in [2.05, 4.69) is 20.4 Å². The molecule has 0 atom stereocenters. The molecule has 118 valence electrons. The molecule has 0 amide bonds. The number of aliphatic imine (C=N–C) groups is 1. The molecule has 1 aromatic heterocycles. The summed E-state index contributed by atoms with van der Waals surface area (Å²) >= 11 is 0. The molecule has 0 bridgehead atoms. The zero-order chi connectivity index (χ0) is 15.9. The molecule has 2 aromatic rings. The zero-order valence-electron chi connectivity index (χ0n) is 13.0. The number of nitrogens with zero attached hydrogens (tertiary/aromatic N) is 3. The van der Waals surface area contributed by atoms with Crippen molar-refractivity contribution in [3.05, 3.63) is 36.0 Å². The maximum absolute atomic E-state index is 5.83. The first-order valence-corrected chi connectivity index (χ1v) is 7.12. The summed E-state index contributed by atoms with van der Waals surface area (Å²) in [7, 11) is 1.63. The molecule has 1 aromatic carbocycles. The first-order valence-electron chi connectivity index (χ1n) is 7.12. The Balaban J connectivity index is 1.83. The van der Waals surface area contributed by atoms with Crippen LogP contribution in [0.2, 0.25) is 0 Å². The molecule has 0 spiro atoms. The number of ether oxygens (including phenoxy) is 1. The van der Waals surface area contributed by atoms with E-state index in [1.807, 2.05) is 38.1 Å². The number of benzene rings is 1. The van der Waals surface area contributed by atoms with Crippen molar-refractivity contribution in [1.82, 2.24) is 10.1 Å². The molecule has 0 saturated carbocycles.